The molecule has 1 aromatic heterocycles. The summed E-state index contributed by atoms with van der Waals surface area (Å²) in [5.41, 5.74) is 6.92. The maximum absolute atomic E-state index is 9.59. The third-order valence-electron chi connectivity index (χ3n) is 3.67. The fourth-order valence-corrected chi connectivity index (χ4v) is 2.67. The first kappa shape index (κ1) is 14.5. The maximum atomic E-state index is 9.59. The number of aryl methyl sites for hydroxylation is 3. The highest BCUT2D eigenvalue weighted by molar-refractivity contribution is 5.64. The van der Waals surface area contributed by atoms with Crippen LogP contribution in [0.15, 0.2) is 42.5 Å². The van der Waals surface area contributed by atoms with Crippen LogP contribution < -0.4 is 0 Å². The van der Waals surface area contributed by atoms with E-state index in [1.807, 2.05) is 12.1 Å². The number of hydrogen-bond acceptors (Lipinski definition) is 3. The highest BCUT2D eigenvalue weighted by atomic mass is 16.3. The maximum Gasteiger partial charge on any atom is 0.117 e. The van der Waals surface area contributed by atoms with E-state index in [1.165, 1.54) is 16.7 Å². The normalized spacial score (nSPS) is 10.9. The van der Waals surface area contributed by atoms with Crippen LogP contribution in [0.25, 0.3) is 16.9 Å². The number of benzene rings is 2. The molecule has 0 radical (unpaired) electrons. The van der Waals surface area contributed by atoms with Crippen LogP contribution in [-0.2, 0) is 6.61 Å². The smallest absolute Gasteiger partial charge is 0.117 e. The first-order valence-corrected chi connectivity index (χ1v) is 7.29. The Hall–Kier alpha value is -2.46. The van der Waals surface area contributed by atoms with Gasteiger partial charge in [-0.1, -0.05) is 41.1 Å². The molecule has 0 saturated carbocycles. The van der Waals surface area contributed by atoms with Crippen LogP contribution in [0, 0.1) is 20.8 Å². The topological polar surface area (TPSA) is 50.9 Å². The third-order valence-corrected chi connectivity index (χ3v) is 3.67. The van der Waals surface area contributed by atoms with E-state index in [0.29, 0.717) is 5.69 Å². The quantitative estimate of drug-likeness (QED) is 0.805. The van der Waals surface area contributed by atoms with E-state index in [-0.39, 0.29) is 6.61 Å². The van der Waals surface area contributed by atoms with Crippen LogP contribution in [0.2, 0.25) is 0 Å². The molecule has 0 aliphatic rings. The van der Waals surface area contributed by atoms with Gasteiger partial charge in [0.15, 0.2) is 0 Å². The second-order valence-corrected chi connectivity index (χ2v) is 5.67. The molecule has 0 bridgehead atoms. The third kappa shape index (κ3) is 2.65. The Labute approximate surface area is 130 Å². The number of rotatable bonds is 3. The van der Waals surface area contributed by atoms with Gasteiger partial charge in [0.05, 0.1) is 12.3 Å². The molecule has 0 saturated heterocycles. The molecule has 4 nitrogen and oxygen atoms in total. The van der Waals surface area contributed by atoms with Crippen molar-refractivity contribution in [2.75, 3.05) is 0 Å². The van der Waals surface area contributed by atoms with E-state index < -0.39 is 0 Å². The van der Waals surface area contributed by atoms with Crippen LogP contribution in [0.1, 0.15) is 22.4 Å². The largest absolute Gasteiger partial charge is 0.390 e. The monoisotopic (exact) mass is 293 g/mol. The predicted octanol–water partition coefficient (Wildman–Crippen LogP) is 3.35. The lowest BCUT2D eigenvalue weighted by atomic mass is 10.1. The van der Waals surface area contributed by atoms with E-state index in [4.69, 9.17) is 0 Å². The van der Waals surface area contributed by atoms with Crippen molar-refractivity contribution in [3.8, 4) is 16.9 Å². The molecule has 0 unspecified atom stereocenters. The van der Waals surface area contributed by atoms with Gasteiger partial charge in [0, 0.05) is 5.56 Å². The lowest BCUT2D eigenvalue weighted by molar-refractivity contribution is 0.277. The van der Waals surface area contributed by atoms with Gasteiger partial charge in [-0.15, -0.1) is 5.10 Å². The van der Waals surface area contributed by atoms with Gasteiger partial charge in [-0.3, -0.25) is 0 Å². The van der Waals surface area contributed by atoms with E-state index in [0.717, 1.165) is 16.9 Å². The highest BCUT2D eigenvalue weighted by Gasteiger charge is 2.16. The van der Waals surface area contributed by atoms with E-state index >= 15 is 0 Å². The summed E-state index contributed by atoms with van der Waals surface area (Å²) < 4.78 is 1.80. The Kier molecular flexibility index (Phi) is 3.77. The van der Waals surface area contributed by atoms with Crippen LogP contribution in [0.3, 0.4) is 0 Å². The molecule has 0 fully saturated rings. The summed E-state index contributed by atoms with van der Waals surface area (Å²) in [6.07, 6.45) is 0. The molecule has 0 atom stereocenters. The zero-order valence-corrected chi connectivity index (χ0v) is 13.0. The van der Waals surface area contributed by atoms with Crippen molar-refractivity contribution in [3.05, 3.63) is 64.8 Å². The molecular weight excluding hydrogens is 274 g/mol. The SMILES string of the molecule is Cc1ccc(-c2c(CO)nnn2-c2cc(C)cc(C)c2)cc1. The van der Waals surface area contributed by atoms with E-state index in [9.17, 15) is 5.11 Å². The second-order valence-electron chi connectivity index (χ2n) is 5.67. The molecule has 1 N–H and O–H groups in total. The summed E-state index contributed by atoms with van der Waals surface area (Å²) in [6.45, 7) is 6.04. The van der Waals surface area contributed by atoms with Gasteiger partial charge in [-0.25, -0.2) is 4.68 Å². The molecule has 3 aromatic rings. The van der Waals surface area contributed by atoms with Crippen LogP contribution in [0.4, 0.5) is 0 Å². The molecule has 0 spiro atoms. The lowest BCUT2D eigenvalue weighted by Gasteiger charge is -2.10. The zero-order chi connectivity index (χ0) is 15.7. The predicted molar refractivity (Wildman–Crippen MR) is 86.9 cm³/mol. The van der Waals surface area contributed by atoms with Crippen LogP contribution in [-0.4, -0.2) is 20.1 Å². The van der Waals surface area contributed by atoms with Gasteiger partial charge in [-0.2, -0.15) is 0 Å². The van der Waals surface area contributed by atoms with Crippen molar-refractivity contribution >= 4 is 0 Å². The number of hydrogen-bond donors (Lipinski definition) is 1. The lowest BCUT2D eigenvalue weighted by Crippen LogP contribution is -2.01. The van der Waals surface area contributed by atoms with Gasteiger partial charge in [-0.05, 0) is 44.0 Å². The fourth-order valence-electron chi connectivity index (χ4n) is 2.67. The number of aromatic nitrogens is 3. The molecule has 1 heterocycles. The van der Waals surface area contributed by atoms with Crippen LogP contribution >= 0.6 is 0 Å². The zero-order valence-electron chi connectivity index (χ0n) is 13.0. The summed E-state index contributed by atoms with van der Waals surface area (Å²) in [7, 11) is 0. The Morgan fingerprint density at radius 3 is 2.14 bits per heavy atom. The molecule has 0 aliphatic carbocycles. The summed E-state index contributed by atoms with van der Waals surface area (Å²) in [5.74, 6) is 0. The molecule has 0 amide bonds. The first-order valence-electron chi connectivity index (χ1n) is 7.29. The minimum atomic E-state index is -0.131. The van der Waals surface area contributed by atoms with Crippen molar-refractivity contribution < 1.29 is 5.11 Å². The van der Waals surface area contributed by atoms with Gasteiger partial charge in [0.1, 0.15) is 11.4 Å². The van der Waals surface area contributed by atoms with Crippen molar-refractivity contribution in [2.24, 2.45) is 0 Å². The summed E-state index contributed by atoms with van der Waals surface area (Å²) in [5, 5.41) is 18.0. The van der Waals surface area contributed by atoms with Crippen molar-refractivity contribution in [3.63, 3.8) is 0 Å². The summed E-state index contributed by atoms with van der Waals surface area (Å²) >= 11 is 0. The number of aliphatic hydroxyl groups excluding tert-OH is 1. The molecular formula is C18H19N3O. The van der Waals surface area contributed by atoms with Crippen molar-refractivity contribution in [2.45, 2.75) is 27.4 Å². The standard InChI is InChI=1S/C18H19N3O/c1-12-4-6-15(7-5-12)18-17(11-22)19-20-21(18)16-9-13(2)8-14(3)10-16/h4-10,22H,11H2,1-3H3. The fraction of sp³-hybridized carbons (Fsp3) is 0.222. The molecule has 112 valence electrons. The molecule has 4 heteroatoms. The van der Waals surface area contributed by atoms with Gasteiger partial charge >= 0.3 is 0 Å². The number of nitrogens with zero attached hydrogens (tertiary/aromatic N) is 3. The van der Waals surface area contributed by atoms with Crippen molar-refractivity contribution in [1.82, 2.24) is 15.0 Å². The molecule has 3 rings (SSSR count). The number of aliphatic hydroxyl groups is 1. The summed E-state index contributed by atoms with van der Waals surface area (Å²) in [4.78, 5) is 0. The van der Waals surface area contributed by atoms with E-state index in [1.54, 1.807) is 4.68 Å². The van der Waals surface area contributed by atoms with Gasteiger partial charge in [0.2, 0.25) is 0 Å². The molecule has 22 heavy (non-hydrogen) atoms. The first-order chi connectivity index (χ1) is 10.6. The average molecular weight is 293 g/mol. The van der Waals surface area contributed by atoms with Gasteiger partial charge < -0.3 is 5.11 Å². The Morgan fingerprint density at radius 2 is 1.55 bits per heavy atom. The minimum Gasteiger partial charge on any atom is -0.390 e. The molecule has 0 aliphatic heterocycles. The Bertz CT molecular complexity index is 783. The highest BCUT2D eigenvalue weighted by Crippen LogP contribution is 2.26. The van der Waals surface area contributed by atoms with Crippen LogP contribution in [0.5, 0.6) is 0 Å². The average Bonchev–Trinajstić information content (AvgIpc) is 2.91. The Balaban J connectivity index is 2.20. The molecule has 2 aromatic carbocycles. The second kappa shape index (κ2) is 5.73. The Morgan fingerprint density at radius 1 is 0.909 bits per heavy atom. The minimum absolute atomic E-state index is 0.131. The summed E-state index contributed by atoms with van der Waals surface area (Å²) in [6, 6.07) is 14.4. The van der Waals surface area contributed by atoms with Crippen molar-refractivity contribution in [1.29, 1.82) is 0 Å². The van der Waals surface area contributed by atoms with Gasteiger partial charge in [0.25, 0.3) is 0 Å². The van der Waals surface area contributed by atoms with E-state index in [2.05, 4.69) is 61.4 Å².